The van der Waals surface area contributed by atoms with Crippen molar-refractivity contribution >= 4 is 18.3 Å². The first-order valence-corrected chi connectivity index (χ1v) is 10.1. The number of amides is 1. The molecule has 1 aliphatic heterocycles. The maximum absolute atomic E-state index is 14.3. The van der Waals surface area contributed by atoms with Gasteiger partial charge in [-0.25, -0.2) is 4.39 Å². The Bertz CT molecular complexity index is 834. The van der Waals surface area contributed by atoms with E-state index in [1.165, 1.54) is 6.07 Å². The molecule has 4 rings (SSSR count). The van der Waals surface area contributed by atoms with Gasteiger partial charge in [-0.2, -0.15) is 5.10 Å². The normalized spacial score (nSPS) is 19.9. The molecule has 2 unspecified atom stereocenters. The number of hydrogen-bond donors (Lipinski definition) is 2. The molecule has 2 N–H and O–H groups in total. The molecule has 2 fully saturated rings. The average molecular weight is 423 g/mol. The van der Waals surface area contributed by atoms with Gasteiger partial charge in [0, 0.05) is 12.7 Å². The van der Waals surface area contributed by atoms with Crippen LogP contribution in [0.3, 0.4) is 0 Å². The van der Waals surface area contributed by atoms with Crippen LogP contribution in [-0.4, -0.2) is 35.4 Å². The highest BCUT2D eigenvalue weighted by molar-refractivity contribution is 5.92. The van der Waals surface area contributed by atoms with Crippen LogP contribution in [0.15, 0.2) is 30.5 Å². The average Bonchev–Trinajstić information content (AvgIpc) is 3.40. The first-order chi connectivity index (χ1) is 13.6. The van der Waals surface area contributed by atoms with Crippen LogP contribution >= 0.6 is 12.4 Å². The van der Waals surface area contributed by atoms with Crippen LogP contribution in [-0.2, 0) is 0 Å². The number of nitrogens with one attached hydrogen (secondary N) is 2. The van der Waals surface area contributed by atoms with Crippen molar-refractivity contribution in [3.05, 3.63) is 47.5 Å². The molecule has 0 spiro atoms. The molecule has 0 radical (unpaired) electrons. The smallest absolute Gasteiger partial charge is 0.272 e. The Morgan fingerprint density at radius 2 is 2.21 bits per heavy atom. The second-order valence-electron chi connectivity index (χ2n) is 7.82. The van der Waals surface area contributed by atoms with E-state index in [2.05, 4.69) is 15.7 Å². The van der Waals surface area contributed by atoms with Gasteiger partial charge in [0.15, 0.2) is 11.6 Å². The van der Waals surface area contributed by atoms with Crippen LogP contribution in [0.1, 0.15) is 60.7 Å². The number of carbonyl (C=O) groups is 1. The van der Waals surface area contributed by atoms with Crippen LogP contribution in [0.4, 0.5) is 4.39 Å². The Labute approximate surface area is 176 Å². The monoisotopic (exact) mass is 422 g/mol. The van der Waals surface area contributed by atoms with Gasteiger partial charge in [-0.15, -0.1) is 12.4 Å². The van der Waals surface area contributed by atoms with Gasteiger partial charge >= 0.3 is 0 Å². The second-order valence-corrected chi connectivity index (χ2v) is 7.82. The zero-order valence-corrected chi connectivity index (χ0v) is 17.4. The lowest BCUT2D eigenvalue weighted by atomic mass is 10.1. The summed E-state index contributed by atoms with van der Waals surface area (Å²) in [6.07, 6.45) is 6.34. The number of piperidine rings is 1. The molecule has 2 heterocycles. The summed E-state index contributed by atoms with van der Waals surface area (Å²) in [7, 11) is 0. The summed E-state index contributed by atoms with van der Waals surface area (Å²) < 4.78 is 21.7. The second kappa shape index (κ2) is 9.59. The zero-order chi connectivity index (χ0) is 19.5. The van der Waals surface area contributed by atoms with Crippen molar-refractivity contribution in [1.82, 2.24) is 20.4 Å². The van der Waals surface area contributed by atoms with Gasteiger partial charge in [-0.05, 0) is 68.8 Å². The SMILES string of the molecule is CC(NC(=O)c1ccn(C2CCCNC2)n1)c1ccc(OCC2CC2)c(F)c1.Cl. The molecule has 1 saturated heterocycles. The van der Waals surface area contributed by atoms with Gasteiger partial charge in [0.25, 0.3) is 5.91 Å². The summed E-state index contributed by atoms with van der Waals surface area (Å²) in [5.74, 6) is 0.188. The van der Waals surface area contributed by atoms with Gasteiger partial charge in [0.2, 0.25) is 0 Å². The Kier molecular flexibility index (Phi) is 7.14. The van der Waals surface area contributed by atoms with E-state index >= 15 is 0 Å². The molecule has 1 aromatic carbocycles. The van der Waals surface area contributed by atoms with Crippen LogP contribution in [0, 0.1) is 11.7 Å². The lowest BCUT2D eigenvalue weighted by Crippen LogP contribution is -2.32. The Morgan fingerprint density at radius 1 is 1.38 bits per heavy atom. The summed E-state index contributed by atoms with van der Waals surface area (Å²) in [6.45, 7) is 4.30. The Morgan fingerprint density at radius 3 is 2.90 bits per heavy atom. The third kappa shape index (κ3) is 5.48. The van der Waals surface area contributed by atoms with Crippen molar-refractivity contribution < 1.29 is 13.9 Å². The summed E-state index contributed by atoms with van der Waals surface area (Å²) >= 11 is 0. The standard InChI is InChI=1S/C21H27FN4O2.ClH/c1-14(16-6-7-20(18(22)11-16)28-13-15-4-5-15)24-21(27)19-8-10-26(25-19)17-3-2-9-23-12-17;/h6-8,10-11,14-15,17,23H,2-5,9,12-13H2,1H3,(H,24,27);1H. The molecule has 0 bridgehead atoms. The maximum atomic E-state index is 14.3. The quantitative estimate of drug-likeness (QED) is 0.714. The molecule has 1 saturated carbocycles. The Hall–Kier alpha value is -2.12. The number of carbonyl (C=O) groups excluding carboxylic acids is 1. The fourth-order valence-electron chi connectivity index (χ4n) is 3.47. The van der Waals surface area contributed by atoms with Gasteiger partial charge in [-0.3, -0.25) is 9.48 Å². The molecule has 29 heavy (non-hydrogen) atoms. The van der Waals surface area contributed by atoms with Gasteiger partial charge in [-0.1, -0.05) is 6.07 Å². The maximum Gasteiger partial charge on any atom is 0.272 e. The van der Waals surface area contributed by atoms with E-state index in [0.717, 1.165) is 38.8 Å². The van der Waals surface area contributed by atoms with E-state index in [1.54, 1.807) is 18.2 Å². The van der Waals surface area contributed by atoms with E-state index in [-0.39, 0.29) is 36.1 Å². The number of ether oxygens (including phenoxy) is 1. The number of hydrogen-bond acceptors (Lipinski definition) is 4. The largest absolute Gasteiger partial charge is 0.490 e. The molecule has 2 atom stereocenters. The molecule has 6 nitrogen and oxygen atoms in total. The topological polar surface area (TPSA) is 68.2 Å². The molecular weight excluding hydrogens is 395 g/mol. The molecule has 2 aliphatic rings. The summed E-state index contributed by atoms with van der Waals surface area (Å²) in [5.41, 5.74) is 1.07. The number of rotatable bonds is 7. The molecule has 1 amide bonds. The van der Waals surface area contributed by atoms with Crippen LogP contribution in [0.25, 0.3) is 0 Å². The molecule has 2 aromatic rings. The van der Waals surface area contributed by atoms with Crippen molar-refractivity contribution in [2.45, 2.75) is 44.7 Å². The predicted molar refractivity (Wildman–Crippen MR) is 111 cm³/mol. The summed E-state index contributed by atoms with van der Waals surface area (Å²) in [5, 5.41) is 10.7. The minimum atomic E-state index is -0.395. The predicted octanol–water partition coefficient (Wildman–Crippen LogP) is 3.65. The number of nitrogens with zero attached hydrogens (tertiary/aromatic N) is 2. The van der Waals surface area contributed by atoms with E-state index in [9.17, 15) is 9.18 Å². The first kappa shape index (κ1) is 21.6. The van der Waals surface area contributed by atoms with Crippen molar-refractivity contribution in [2.24, 2.45) is 5.92 Å². The third-order valence-electron chi connectivity index (χ3n) is 5.46. The zero-order valence-electron chi connectivity index (χ0n) is 16.6. The molecule has 1 aromatic heterocycles. The molecular formula is C21H28ClFN4O2. The summed E-state index contributed by atoms with van der Waals surface area (Å²) in [6, 6.07) is 6.54. The number of aromatic nitrogens is 2. The van der Waals surface area contributed by atoms with E-state index < -0.39 is 5.82 Å². The fourth-order valence-corrected chi connectivity index (χ4v) is 3.47. The van der Waals surface area contributed by atoms with Crippen LogP contribution in [0.2, 0.25) is 0 Å². The van der Waals surface area contributed by atoms with Crippen molar-refractivity contribution in [3.8, 4) is 5.75 Å². The van der Waals surface area contributed by atoms with Gasteiger partial charge in [0.05, 0.1) is 18.7 Å². The summed E-state index contributed by atoms with van der Waals surface area (Å²) in [4.78, 5) is 12.5. The number of halogens is 2. The molecule has 158 valence electrons. The Balaban J connectivity index is 0.00000240. The van der Waals surface area contributed by atoms with Crippen LogP contribution in [0.5, 0.6) is 5.75 Å². The van der Waals surface area contributed by atoms with Crippen LogP contribution < -0.4 is 15.4 Å². The van der Waals surface area contributed by atoms with Crippen molar-refractivity contribution in [3.63, 3.8) is 0 Å². The van der Waals surface area contributed by atoms with E-state index in [1.807, 2.05) is 17.8 Å². The highest BCUT2D eigenvalue weighted by Gasteiger charge is 2.23. The van der Waals surface area contributed by atoms with Crippen molar-refractivity contribution in [2.75, 3.05) is 19.7 Å². The lowest BCUT2D eigenvalue weighted by molar-refractivity contribution is 0.0933. The number of benzene rings is 1. The molecule has 8 heteroatoms. The minimum absolute atomic E-state index is 0. The third-order valence-corrected chi connectivity index (χ3v) is 5.46. The molecule has 1 aliphatic carbocycles. The minimum Gasteiger partial charge on any atom is -0.490 e. The van der Waals surface area contributed by atoms with E-state index in [0.29, 0.717) is 23.8 Å². The highest BCUT2D eigenvalue weighted by Crippen LogP contribution is 2.30. The highest BCUT2D eigenvalue weighted by atomic mass is 35.5. The lowest BCUT2D eigenvalue weighted by Gasteiger charge is -2.22. The first-order valence-electron chi connectivity index (χ1n) is 10.1. The van der Waals surface area contributed by atoms with Gasteiger partial charge < -0.3 is 15.4 Å². The van der Waals surface area contributed by atoms with Gasteiger partial charge in [0.1, 0.15) is 5.69 Å². The van der Waals surface area contributed by atoms with Crippen molar-refractivity contribution in [1.29, 1.82) is 0 Å². The fraction of sp³-hybridized carbons (Fsp3) is 0.524. The van der Waals surface area contributed by atoms with E-state index in [4.69, 9.17) is 4.74 Å².